The van der Waals surface area contributed by atoms with Gasteiger partial charge >= 0.3 is 6.18 Å². The monoisotopic (exact) mass is 358 g/mol. The summed E-state index contributed by atoms with van der Waals surface area (Å²) >= 11 is 1.10. The maximum atomic E-state index is 12.6. The molecule has 0 amide bonds. The summed E-state index contributed by atoms with van der Waals surface area (Å²) in [7, 11) is 1.97. The molecule has 0 saturated heterocycles. The number of nitrogens with zero attached hydrogens (tertiary/aromatic N) is 3. The van der Waals surface area contributed by atoms with Crippen LogP contribution in [0.5, 0.6) is 0 Å². The Hall–Kier alpha value is -1.41. The largest absolute Gasteiger partial charge is 0.393 e. The average molecular weight is 358 g/mol. The van der Waals surface area contributed by atoms with E-state index in [0.717, 1.165) is 48.3 Å². The van der Waals surface area contributed by atoms with Crippen LogP contribution >= 0.6 is 11.3 Å². The first-order chi connectivity index (χ1) is 11.4. The number of fused-ring (bicyclic) bond motifs is 1. The van der Waals surface area contributed by atoms with Crippen LogP contribution in [0.2, 0.25) is 0 Å². The number of hydrogen-bond donors (Lipinski definition) is 1. The lowest BCUT2D eigenvalue weighted by Gasteiger charge is -2.26. The van der Waals surface area contributed by atoms with Crippen molar-refractivity contribution >= 4 is 27.4 Å². The van der Waals surface area contributed by atoms with E-state index >= 15 is 0 Å². The van der Waals surface area contributed by atoms with Gasteiger partial charge in [0.1, 0.15) is 17.0 Å². The minimum Gasteiger partial charge on any atom is -0.356 e. The molecule has 0 unspecified atom stereocenters. The maximum Gasteiger partial charge on any atom is 0.393 e. The van der Waals surface area contributed by atoms with E-state index in [1.165, 1.54) is 6.33 Å². The second kappa shape index (κ2) is 6.84. The molecule has 2 aromatic rings. The predicted molar refractivity (Wildman–Crippen MR) is 90.7 cm³/mol. The van der Waals surface area contributed by atoms with Gasteiger partial charge in [-0.2, -0.15) is 13.2 Å². The van der Waals surface area contributed by atoms with E-state index in [1.807, 2.05) is 7.05 Å². The Balaban J connectivity index is 1.84. The van der Waals surface area contributed by atoms with Crippen molar-refractivity contribution in [3.05, 3.63) is 17.3 Å². The van der Waals surface area contributed by atoms with Crippen molar-refractivity contribution in [2.45, 2.75) is 50.9 Å². The van der Waals surface area contributed by atoms with E-state index in [1.54, 1.807) is 6.07 Å². The topological polar surface area (TPSA) is 41.0 Å². The first-order valence-corrected chi connectivity index (χ1v) is 8.95. The van der Waals surface area contributed by atoms with Gasteiger partial charge in [0.2, 0.25) is 0 Å². The quantitative estimate of drug-likeness (QED) is 0.884. The van der Waals surface area contributed by atoms with Gasteiger partial charge in [0.15, 0.2) is 0 Å². The number of halogens is 3. The highest BCUT2D eigenvalue weighted by Crippen LogP contribution is 2.35. The first kappa shape index (κ1) is 17.4. The average Bonchev–Trinajstić information content (AvgIpc) is 3.10. The zero-order chi connectivity index (χ0) is 17.3. The van der Waals surface area contributed by atoms with E-state index in [0.29, 0.717) is 16.9 Å². The highest BCUT2D eigenvalue weighted by atomic mass is 32.1. The van der Waals surface area contributed by atoms with E-state index in [9.17, 15) is 13.2 Å². The molecule has 4 nitrogen and oxygen atoms in total. The van der Waals surface area contributed by atoms with Crippen LogP contribution in [0.15, 0.2) is 12.4 Å². The molecule has 132 valence electrons. The minimum atomic E-state index is -4.20. The van der Waals surface area contributed by atoms with Gasteiger partial charge in [-0.1, -0.05) is 6.92 Å². The molecule has 8 heteroatoms. The van der Waals surface area contributed by atoms with Gasteiger partial charge in [-0.25, -0.2) is 9.97 Å². The summed E-state index contributed by atoms with van der Waals surface area (Å²) in [6.07, 6.45) is -0.485. The van der Waals surface area contributed by atoms with Crippen molar-refractivity contribution in [1.29, 1.82) is 0 Å². The van der Waals surface area contributed by atoms with Gasteiger partial charge in [-0.15, -0.1) is 11.3 Å². The molecular formula is C16H21F3N4S. The van der Waals surface area contributed by atoms with Crippen LogP contribution in [0, 0.1) is 0 Å². The summed E-state index contributed by atoms with van der Waals surface area (Å²) in [6.45, 7) is 3.04. The number of rotatable bonds is 5. The number of aromatic nitrogens is 2. The van der Waals surface area contributed by atoms with Crippen LogP contribution < -0.4 is 10.2 Å². The number of nitrogens with one attached hydrogen (secondary N) is 1. The Morgan fingerprint density at radius 1 is 1.33 bits per heavy atom. The van der Waals surface area contributed by atoms with Crippen molar-refractivity contribution < 1.29 is 13.2 Å². The normalized spacial score (nSPS) is 21.5. The highest BCUT2D eigenvalue weighted by molar-refractivity contribution is 7.18. The number of alkyl halides is 3. The van der Waals surface area contributed by atoms with Crippen molar-refractivity contribution in [3.8, 4) is 0 Å². The lowest BCUT2D eigenvalue weighted by molar-refractivity contribution is -0.126. The van der Waals surface area contributed by atoms with Gasteiger partial charge in [-0.05, 0) is 31.9 Å². The SMILES string of the molecule is CCN[C@H]1CC[C@@H](N(C)c2ncnc3sc(CC(F)(F)F)cc23)C1. The fourth-order valence-corrected chi connectivity index (χ4v) is 4.44. The number of anilines is 1. The fourth-order valence-electron chi connectivity index (χ4n) is 3.42. The molecule has 1 N–H and O–H groups in total. The van der Waals surface area contributed by atoms with Crippen molar-refractivity contribution in [3.63, 3.8) is 0 Å². The lowest BCUT2D eigenvalue weighted by Crippen LogP contribution is -2.33. The van der Waals surface area contributed by atoms with Crippen LogP contribution in [0.1, 0.15) is 31.1 Å². The van der Waals surface area contributed by atoms with Crippen LogP contribution in [0.3, 0.4) is 0 Å². The second-order valence-electron chi connectivity index (χ2n) is 6.25. The molecule has 1 aliphatic rings. The molecule has 0 radical (unpaired) electrons. The van der Waals surface area contributed by atoms with E-state index in [2.05, 4.69) is 27.1 Å². The third kappa shape index (κ3) is 3.80. The second-order valence-corrected chi connectivity index (χ2v) is 7.37. The van der Waals surface area contributed by atoms with Gasteiger partial charge in [-0.3, -0.25) is 0 Å². The lowest BCUT2D eigenvalue weighted by atomic mass is 10.2. The Morgan fingerprint density at radius 3 is 2.83 bits per heavy atom. The molecule has 0 aromatic carbocycles. The molecule has 1 aliphatic carbocycles. The predicted octanol–water partition coefficient (Wildman–Crippen LogP) is 3.76. The van der Waals surface area contributed by atoms with Crippen LogP contribution in [-0.4, -0.2) is 41.8 Å². The Labute approximate surface area is 143 Å². The summed E-state index contributed by atoms with van der Waals surface area (Å²) < 4.78 is 37.9. The van der Waals surface area contributed by atoms with Gasteiger partial charge in [0.25, 0.3) is 0 Å². The fraction of sp³-hybridized carbons (Fsp3) is 0.625. The van der Waals surface area contributed by atoms with Crippen LogP contribution in [-0.2, 0) is 6.42 Å². The summed E-state index contributed by atoms with van der Waals surface area (Å²) in [5.74, 6) is 0.729. The van der Waals surface area contributed by atoms with Crippen molar-refractivity contribution in [2.24, 2.45) is 0 Å². The number of hydrogen-bond acceptors (Lipinski definition) is 5. The third-order valence-electron chi connectivity index (χ3n) is 4.51. The summed E-state index contributed by atoms with van der Waals surface area (Å²) in [5.41, 5.74) is 0. The molecule has 2 atom stereocenters. The zero-order valence-corrected chi connectivity index (χ0v) is 14.5. The standard InChI is InChI=1S/C16H21F3N4S/c1-3-20-10-4-5-11(6-10)23(2)14-13-7-12(8-16(17,18)19)24-15(13)22-9-21-14/h7,9-11,20H,3-6,8H2,1-2H3/t10-,11+/m0/s1. The molecule has 0 aliphatic heterocycles. The Morgan fingerprint density at radius 2 is 2.12 bits per heavy atom. The zero-order valence-electron chi connectivity index (χ0n) is 13.7. The molecule has 1 fully saturated rings. The summed E-state index contributed by atoms with van der Waals surface area (Å²) in [4.78, 5) is 11.5. The maximum absolute atomic E-state index is 12.6. The molecule has 0 bridgehead atoms. The first-order valence-electron chi connectivity index (χ1n) is 8.13. The minimum absolute atomic E-state index is 0.282. The van der Waals surface area contributed by atoms with Gasteiger partial charge in [0.05, 0.1) is 11.8 Å². The van der Waals surface area contributed by atoms with E-state index in [-0.39, 0.29) is 4.88 Å². The number of thiophene rings is 1. The smallest absolute Gasteiger partial charge is 0.356 e. The molecule has 0 spiro atoms. The van der Waals surface area contributed by atoms with E-state index < -0.39 is 12.6 Å². The molecular weight excluding hydrogens is 337 g/mol. The molecule has 3 rings (SSSR count). The highest BCUT2D eigenvalue weighted by Gasteiger charge is 2.31. The van der Waals surface area contributed by atoms with Crippen LogP contribution in [0.4, 0.5) is 19.0 Å². The Kier molecular flexibility index (Phi) is 4.96. The Bertz CT molecular complexity index is 700. The van der Waals surface area contributed by atoms with Crippen molar-refractivity contribution in [1.82, 2.24) is 15.3 Å². The molecule has 1 saturated carbocycles. The molecule has 24 heavy (non-hydrogen) atoms. The van der Waals surface area contributed by atoms with Gasteiger partial charge < -0.3 is 10.2 Å². The van der Waals surface area contributed by atoms with Gasteiger partial charge in [0, 0.05) is 24.0 Å². The molecule has 2 heterocycles. The summed E-state index contributed by atoms with van der Waals surface area (Å²) in [5, 5.41) is 4.18. The summed E-state index contributed by atoms with van der Waals surface area (Å²) in [6, 6.07) is 2.44. The third-order valence-corrected chi connectivity index (χ3v) is 5.56. The van der Waals surface area contributed by atoms with Crippen LogP contribution in [0.25, 0.3) is 10.2 Å². The van der Waals surface area contributed by atoms with Crippen molar-refractivity contribution in [2.75, 3.05) is 18.5 Å². The van der Waals surface area contributed by atoms with E-state index in [4.69, 9.17) is 0 Å². The molecule has 2 aromatic heterocycles.